The Morgan fingerprint density at radius 3 is 2.72 bits per heavy atom. The molecule has 4 rings (SSSR count). The third-order valence-electron chi connectivity index (χ3n) is 5.04. The number of ether oxygens (including phenoxy) is 1. The summed E-state index contributed by atoms with van der Waals surface area (Å²) in [6.07, 6.45) is 2.57. The smallest absolute Gasteiger partial charge is 0.276 e. The maximum atomic E-state index is 14.3. The van der Waals surface area contributed by atoms with Crippen LogP contribution >= 0.6 is 0 Å². The van der Waals surface area contributed by atoms with Crippen molar-refractivity contribution in [2.45, 2.75) is 46.1 Å². The molecule has 0 bridgehead atoms. The summed E-state index contributed by atoms with van der Waals surface area (Å²) in [6.45, 7) is 5.86. The zero-order valence-electron chi connectivity index (χ0n) is 16.8. The lowest BCUT2D eigenvalue weighted by Crippen LogP contribution is -2.16. The minimum atomic E-state index is -0.353. The van der Waals surface area contributed by atoms with Gasteiger partial charge in [0.15, 0.2) is 5.69 Å². The first-order chi connectivity index (χ1) is 13.9. The lowest BCUT2D eigenvalue weighted by molar-refractivity contribution is 0.102. The van der Waals surface area contributed by atoms with Crippen molar-refractivity contribution in [3.63, 3.8) is 0 Å². The van der Waals surface area contributed by atoms with Crippen molar-refractivity contribution in [2.24, 2.45) is 0 Å². The molecule has 150 valence electrons. The van der Waals surface area contributed by atoms with Gasteiger partial charge in [-0.15, -0.1) is 0 Å². The first kappa shape index (κ1) is 19.2. The van der Waals surface area contributed by atoms with Gasteiger partial charge in [-0.05, 0) is 75.9 Å². The molecular weight excluding hydrogens is 369 g/mol. The first-order valence-corrected chi connectivity index (χ1v) is 9.88. The van der Waals surface area contributed by atoms with Crippen molar-refractivity contribution in [2.75, 3.05) is 5.32 Å². The van der Waals surface area contributed by atoms with Gasteiger partial charge >= 0.3 is 0 Å². The summed E-state index contributed by atoms with van der Waals surface area (Å²) in [6, 6.07) is 12.1. The van der Waals surface area contributed by atoms with Crippen LogP contribution in [0.2, 0.25) is 0 Å². The highest BCUT2D eigenvalue weighted by atomic mass is 19.1. The predicted octanol–water partition coefficient (Wildman–Crippen LogP) is 4.85. The van der Waals surface area contributed by atoms with E-state index in [9.17, 15) is 9.18 Å². The van der Waals surface area contributed by atoms with E-state index in [-0.39, 0.29) is 17.8 Å². The molecular formula is C23H24FN3O2. The fraction of sp³-hybridized carbons (Fsp3) is 0.304. The molecule has 0 aliphatic heterocycles. The number of amides is 1. The van der Waals surface area contributed by atoms with Crippen molar-refractivity contribution < 1.29 is 13.9 Å². The van der Waals surface area contributed by atoms with Crippen LogP contribution in [0.25, 0.3) is 5.69 Å². The van der Waals surface area contributed by atoms with Crippen LogP contribution in [0.3, 0.4) is 0 Å². The van der Waals surface area contributed by atoms with Crippen LogP contribution < -0.4 is 10.1 Å². The van der Waals surface area contributed by atoms with Crippen LogP contribution in [0.4, 0.5) is 10.1 Å². The normalized spacial score (nSPS) is 12.9. The van der Waals surface area contributed by atoms with Gasteiger partial charge in [0.1, 0.15) is 17.3 Å². The predicted molar refractivity (Wildman–Crippen MR) is 110 cm³/mol. The molecule has 1 aliphatic rings. The number of benzene rings is 2. The van der Waals surface area contributed by atoms with Gasteiger partial charge in [0.2, 0.25) is 0 Å². The van der Waals surface area contributed by atoms with Crippen molar-refractivity contribution in [3.05, 3.63) is 70.8 Å². The number of fused-ring (bicyclic) bond motifs is 1. The lowest BCUT2D eigenvalue weighted by Gasteiger charge is -2.13. The maximum absolute atomic E-state index is 14.3. The molecule has 0 saturated carbocycles. The van der Waals surface area contributed by atoms with E-state index in [1.54, 1.807) is 22.9 Å². The SMILES string of the molecule is Cc1cc(OC(C)C)ccc1NC(=O)c1nn(-c2ccccc2F)c2c1CCC2. The number of nitrogens with zero attached hydrogens (tertiary/aromatic N) is 2. The molecule has 0 radical (unpaired) electrons. The molecule has 1 N–H and O–H groups in total. The number of nitrogens with one attached hydrogen (secondary N) is 1. The zero-order valence-corrected chi connectivity index (χ0v) is 16.8. The molecule has 29 heavy (non-hydrogen) atoms. The summed E-state index contributed by atoms with van der Waals surface area (Å²) in [7, 11) is 0. The number of para-hydroxylation sites is 1. The molecule has 1 heterocycles. The highest BCUT2D eigenvalue weighted by molar-refractivity contribution is 6.04. The Bertz CT molecular complexity index is 1070. The molecule has 0 atom stereocenters. The Morgan fingerprint density at radius 2 is 2.00 bits per heavy atom. The minimum Gasteiger partial charge on any atom is -0.491 e. The summed E-state index contributed by atoms with van der Waals surface area (Å²) in [5.74, 6) is 0.132. The second-order valence-corrected chi connectivity index (χ2v) is 7.59. The van der Waals surface area contributed by atoms with Crippen molar-refractivity contribution in [1.29, 1.82) is 0 Å². The van der Waals surface area contributed by atoms with E-state index in [2.05, 4.69) is 10.4 Å². The Balaban J connectivity index is 1.64. The molecule has 6 heteroatoms. The van der Waals surface area contributed by atoms with Gasteiger partial charge in [0.25, 0.3) is 5.91 Å². The summed E-state index contributed by atoms with van der Waals surface area (Å²) >= 11 is 0. The van der Waals surface area contributed by atoms with Crippen LogP contribution in [0.1, 0.15) is 47.6 Å². The van der Waals surface area contributed by atoms with Crippen LogP contribution in [-0.4, -0.2) is 21.8 Å². The Labute approximate surface area is 169 Å². The number of carbonyl (C=O) groups excluding carboxylic acids is 1. The number of aromatic nitrogens is 2. The summed E-state index contributed by atoms with van der Waals surface area (Å²) in [4.78, 5) is 13.0. The van der Waals surface area contributed by atoms with Gasteiger partial charge in [-0.1, -0.05) is 12.1 Å². The van der Waals surface area contributed by atoms with E-state index in [0.29, 0.717) is 17.1 Å². The summed E-state index contributed by atoms with van der Waals surface area (Å²) in [5.41, 5.74) is 4.17. The topological polar surface area (TPSA) is 56.1 Å². The van der Waals surface area contributed by atoms with Crippen molar-refractivity contribution in [3.8, 4) is 11.4 Å². The quantitative estimate of drug-likeness (QED) is 0.674. The standard InChI is InChI=1S/C23H24FN3O2/c1-14(2)29-16-11-12-19(15(3)13-16)25-23(28)22-17-7-6-10-20(17)27(26-22)21-9-5-4-8-18(21)24/h4-5,8-9,11-14H,6-7,10H2,1-3H3,(H,25,28). The molecule has 0 unspecified atom stereocenters. The van der Waals surface area contributed by atoms with Crippen molar-refractivity contribution >= 4 is 11.6 Å². The Morgan fingerprint density at radius 1 is 1.21 bits per heavy atom. The van der Waals surface area contributed by atoms with Crippen LogP contribution in [-0.2, 0) is 12.8 Å². The number of aryl methyl sites for hydroxylation is 1. The molecule has 3 aromatic rings. The molecule has 0 saturated heterocycles. The number of anilines is 1. The zero-order chi connectivity index (χ0) is 20.5. The third-order valence-corrected chi connectivity index (χ3v) is 5.04. The van der Waals surface area contributed by atoms with E-state index in [1.165, 1.54) is 6.07 Å². The second-order valence-electron chi connectivity index (χ2n) is 7.59. The fourth-order valence-electron chi connectivity index (χ4n) is 3.75. The number of carbonyl (C=O) groups is 1. The average molecular weight is 393 g/mol. The van der Waals surface area contributed by atoms with Crippen LogP contribution in [0.5, 0.6) is 5.75 Å². The van der Waals surface area contributed by atoms with Gasteiger partial charge in [0.05, 0.1) is 6.10 Å². The number of rotatable bonds is 5. The number of hydrogen-bond donors (Lipinski definition) is 1. The third kappa shape index (κ3) is 3.75. The van der Waals surface area contributed by atoms with E-state index in [0.717, 1.165) is 41.8 Å². The largest absolute Gasteiger partial charge is 0.491 e. The second kappa shape index (κ2) is 7.70. The van der Waals surface area contributed by atoms with Gasteiger partial charge in [0, 0.05) is 16.9 Å². The fourth-order valence-corrected chi connectivity index (χ4v) is 3.75. The lowest BCUT2D eigenvalue weighted by atomic mass is 10.1. The van der Waals surface area contributed by atoms with E-state index >= 15 is 0 Å². The number of hydrogen-bond acceptors (Lipinski definition) is 3. The van der Waals surface area contributed by atoms with Crippen molar-refractivity contribution in [1.82, 2.24) is 9.78 Å². The van der Waals surface area contributed by atoms with E-state index in [4.69, 9.17) is 4.74 Å². The van der Waals surface area contributed by atoms with Gasteiger partial charge in [-0.2, -0.15) is 5.10 Å². The maximum Gasteiger partial charge on any atom is 0.276 e. The molecule has 0 spiro atoms. The van der Waals surface area contributed by atoms with Gasteiger partial charge < -0.3 is 10.1 Å². The van der Waals surface area contributed by atoms with E-state index < -0.39 is 0 Å². The molecule has 1 aromatic heterocycles. The van der Waals surface area contributed by atoms with E-state index in [1.807, 2.05) is 39.0 Å². The molecule has 0 fully saturated rings. The minimum absolute atomic E-state index is 0.0831. The van der Waals surface area contributed by atoms with Gasteiger partial charge in [-0.25, -0.2) is 9.07 Å². The Kier molecular flexibility index (Phi) is 5.09. The average Bonchev–Trinajstić information content (AvgIpc) is 3.27. The monoisotopic (exact) mass is 393 g/mol. The summed E-state index contributed by atoms with van der Waals surface area (Å²) < 4.78 is 21.6. The van der Waals surface area contributed by atoms with Gasteiger partial charge in [-0.3, -0.25) is 4.79 Å². The molecule has 5 nitrogen and oxygen atoms in total. The highest BCUT2D eigenvalue weighted by Crippen LogP contribution is 2.30. The molecule has 1 aliphatic carbocycles. The van der Waals surface area contributed by atoms with Crippen LogP contribution in [0.15, 0.2) is 42.5 Å². The molecule has 2 aromatic carbocycles. The summed E-state index contributed by atoms with van der Waals surface area (Å²) in [5, 5.41) is 7.44. The van der Waals surface area contributed by atoms with Crippen LogP contribution in [0, 0.1) is 12.7 Å². The first-order valence-electron chi connectivity index (χ1n) is 9.88. The molecule has 1 amide bonds. The number of halogens is 1. The Hall–Kier alpha value is -3.15. The highest BCUT2D eigenvalue weighted by Gasteiger charge is 2.28.